The Balaban J connectivity index is 2.04. The molecule has 0 spiro atoms. The number of fused-ring (bicyclic) bond motifs is 1. The molecule has 1 aromatic heterocycles. The van der Waals surface area contributed by atoms with E-state index in [0.717, 1.165) is 28.9 Å². The lowest BCUT2D eigenvalue weighted by Gasteiger charge is -2.20. The predicted octanol–water partition coefficient (Wildman–Crippen LogP) is 3.21. The first kappa shape index (κ1) is 13.9. The zero-order valence-corrected chi connectivity index (χ0v) is 12.6. The van der Waals surface area contributed by atoms with Gasteiger partial charge in [0.05, 0.1) is 24.0 Å². The van der Waals surface area contributed by atoms with E-state index in [-0.39, 0.29) is 11.9 Å². The summed E-state index contributed by atoms with van der Waals surface area (Å²) in [4.78, 5) is 12.0. The fourth-order valence-corrected chi connectivity index (χ4v) is 2.84. The smallest absolute Gasteiger partial charge is 0.234 e. The van der Waals surface area contributed by atoms with Gasteiger partial charge in [-0.05, 0) is 43.7 Å². The van der Waals surface area contributed by atoms with Crippen molar-refractivity contribution in [3.63, 3.8) is 0 Å². The number of carbonyl (C=O) groups is 1. The second-order valence-electron chi connectivity index (χ2n) is 5.93. The van der Waals surface area contributed by atoms with Crippen LogP contribution in [0.2, 0.25) is 0 Å². The fourth-order valence-electron chi connectivity index (χ4n) is 2.84. The van der Waals surface area contributed by atoms with Gasteiger partial charge in [0.2, 0.25) is 5.91 Å². The maximum atomic E-state index is 12.0. The van der Waals surface area contributed by atoms with Crippen LogP contribution in [-0.2, 0) is 10.2 Å². The molecule has 0 bridgehead atoms. The van der Waals surface area contributed by atoms with Gasteiger partial charge < -0.3 is 15.1 Å². The highest BCUT2D eigenvalue weighted by atomic mass is 16.3. The highest BCUT2D eigenvalue weighted by Crippen LogP contribution is 2.39. The van der Waals surface area contributed by atoms with Crippen LogP contribution < -0.4 is 10.6 Å². The summed E-state index contributed by atoms with van der Waals surface area (Å²) in [7, 11) is 0. The Bertz CT molecular complexity index is 659. The van der Waals surface area contributed by atoms with E-state index in [1.807, 2.05) is 26.0 Å². The lowest BCUT2D eigenvalue weighted by atomic mass is 9.84. The molecule has 1 unspecified atom stereocenters. The van der Waals surface area contributed by atoms with Gasteiger partial charge in [-0.2, -0.15) is 0 Å². The predicted molar refractivity (Wildman–Crippen MR) is 82.3 cm³/mol. The van der Waals surface area contributed by atoms with Crippen molar-refractivity contribution in [2.24, 2.45) is 0 Å². The quantitative estimate of drug-likeness (QED) is 0.906. The monoisotopic (exact) mass is 284 g/mol. The Morgan fingerprint density at radius 3 is 2.76 bits per heavy atom. The van der Waals surface area contributed by atoms with E-state index in [1.54, 1.807) is 12.5 Å². The zero-order chi connectivity index (χ0) is 15.0. The number of rotatable bonds is 4. The second-order valence-corrected chi connectivity index (χ2v) is 5.93. The zero-order valence-electron chi connectivity index (χ0n) is 12.6. The number of anilines is 1. The summed E-state index contributed by atoms with van der Waals surface area (Å²) >= 11 is 0. The van der Waals surface area contributed by atoms with E-state index >= 15 is 0 Å². The van der Waals surface area contributed by atoms with Crippen LogP contribution in [-0.4, -0.2) is 12.5 Å². The van der Waals surface area contributed by atoms with Gasteiger partial charge in [-0.25, -0.2) is 0 Å². The Labute approximate surface area is 124 Å². The van der Waals surface area contributed by atoms with E-state index in [4.69, 9.17) is 4.42 Å². The van der Waals surface area contributed by atoms with Crippen molar-refractivity contribution in [3.05, 3.63) is 53.5 Å². The van der Waals surface area contributed by atoms with Gasteiger partial charge in [0.25, 0.3) is 0 Å². The number of hydrogen-bond donors (Lipinski definition) is 2. The van der Waals surface area contributed by atoms with Gasteiger partial charge in [0.15, 0.2) is 0 Å². The van der Waals surface area contributed by atoms with Gasteiger partial charge in [-0.1, -0.05) is 19.1 Å². The SMILES string of the molecule is CCNC(c1ccoc1)c1ccc2c(c1)C(C)(C)C(=O)N2. The average Bonchev–Trinajstić information content (AvgIpc) is 3.05. The third-order valence-corrected chi connectivity index (χ3v) is 4.15. The minimum Gasteiger partial charge on any atom is -0.472 e. The molecule has 2 aromatic rings. The van der Waals surface area contributed by atoms with Gasteiger partial charge in [-0.15, -0.1) is 0 Å². The highest BCUT2D eigenvalue weighted by molar-refractivity contribution is 6.05. The number of amides is 1. The maximum absolute atomic E-state index is 12.0. The summed E-state index contributed by atoms with van der Waals surface area (Å²) in [6, 6.07) is 8.20. The van der Waals surface area contributed by atoms with Crippen molar-refractivity contribution in [2.75, 3.05) is 11.9 Å². The Kier molecular flexibility index (Phi) is 3.33. The first-order valence-corrected chi connectivity index (χ1v) is 7.25. The number of hydrogen-bond acceptors (Lipinski definition) is 3. The minimum absolute atomic E-state index is 0.0537. The molecule has 4 heteroatoms. The summed E-state index contributed by atoms with van der Waals surface area (Å²) in [6.07, 6.45) is 3.44. The molecule has 1 atom stereocenters. The molecular weight excluding hydrogens is 264 g/mol. The first-order chi connectivity index (χ1) is 10.0. The molecule has 1 aliphatic rings. The van der Waals surface area contributed by atoms with Gasteiger partial charge in [0, 0.05) is 11.3 Å². The van der Waals surface area contributed by atoms with Crippen LogP contribution in [0.25, 0.3) is 0 Å². The first-order valence-electron chi connectivity index (χ1n) is 7.25. The number of furan rings is 1. The lowest BCUT2D eigenvalue weighted by Crippen LogP contribution is -2.27. The molecule has 0 saturated heterocycles. The molecule has 1 aromatic carbocycles. The molecule has 0 fully saturated rings. The molecule has 110 valence electrons. The summed E-state index contributed by atoms with van der Waals surface area (Å²) in [5.41, 5.74) is 3.71. The van der Waals surface area contributed by atoms with E-state index in [9.17, 15) is 4.79 Å². The number of nitrogens with one attached hydrogen (secondary N) is 2. The Morgan fingerprint density at radius 1 is 1.29 bits per heavy atom. The second kappa shape index (κ2) is 5.04. The summed E-state index contributed by atoms with van der Waals surface area (Å²) < 4.78 is 5.21. The van der Waals surface area contributed by atoms with E-state index in [2.05, 4.69) is 29.7 Å². The Morgan fingerprint density at radius 2 is 2.10 bits per heavy atom. The molecule has 0 radical (unpaired) electrons. The molecule has 2 heterocycles. The van der Waals surface area contributed by atoms with Crippen molar-refractivity contribution in [3.8, 4) is 0 Å². The van der Waals surface area contributed by atoms with E-state index in [1.165, 1.54) is 0 Å². The molecule has 2 N–H and O–H groups in total. The fraction of sp³-hybridized carbons (Fsp3) is 0.353. The normalized spacial score (nSPS) is 17.4. The molecule has 4 nitrogen and oxygen atoms in total. The van der Waals surface area contributed by atoms with Crippen LogP contribution in [0, 0.1) is 0 Å². The number of carbonyl (C=O) groups excluding carboxylic acids is 1. The standard InChI is InChI=1S/C17H20N2O2/c1-4-18-15(12-7-8-21-10-12)11-5-6-14-13(9-11)17(2,3)16(20)19-14/h5-10,15,18H,4H2,1-3H3,(H,19,20). The average molecular weight is 284 g/mol. The molecule has 0 saturated carbocycles. The van der Waals surface area contributed by atoms with Crippen molar-refractivity contribution < 1.29 is 9.21 Å². The molecule has 21 heavy (non-hydrogen) atoms. The third-order valence-electron chi connectivity index (χ3n) is 4.15. The molecule has 0 aliphatic carbocycles. The Hall–Kier alpha value is -2.07. The number of benzene rings is 1. The molecular formula is C17H20N2O2. The molecule has 1 amide bonds. The van der Waals surface area contributed by atoms with Crippen molar-refractivity contribution in [2.45, 2.75) is 32.2 Å². The lowest BCUT2D eigenvalue weighted by molar-refractivity contribution is -0.119. The van der Waals surface area contributed by atoms with Crippen molar-refractivity contribution >= 4 is 11.6 Å². The van der Waals surface area contributed by atoms with E-state index < -0.39 is 5.41 Å². The summed E-state index contributed by atoms with van der Waals surface area (Å²) in [6.45, 7) is 6.85. The van der Waals surface area contributed by atoms with Crippen LogP contribution in [0.4, 0.5) is 5.69 Å². The molecule has 1 aliphatic heterocycles. The van der Waals surface area contributed by atoms with Crippen LogP contribution in [0.5, 0.6) is 0 Å². The topological polar surface area (TPSA) is 54.3 Å². The third kappa shape index (κ3) is 2.25. The van der Waals surface area contributed by atoms with Crippen LogP contribution in [0.1, 0.15) is 43.5 Å². The van der Waals surface area contributed by atoms with Crippen LogP contribution in [0.15, 0.2) is 41.2 Å². The van der Waals surface area contributed by atoms with E-state index in [0.29, 0.717) is 0 Å². The van der Waals surface area contributed by atoms with Gasteiger partial charge in [-0.3, -0.25) is 4.79 Å². The maximum Gasteiger partial charge on any atom is 0.234 e. The van der Waals surface area contributed by atoms with Crippen LogP contribution in [0.3, 0.4) is 0 Å². The van der Waals surface area contributed by atoms with Crippen molar-refractivity contribution in [1.29, 1.82) is 0 Å². The highest BCUT2D eigenvalue weighted by Gasteiger charge is 2.38. The largest absolute Gasteiger partial charge is 0.472 e. The van der Waals surface area contributed by atoms with Gasteiger partial charge >= 0.3 is 0 Å². The summed E-state index contributed by atoms with van der Waals surface area (Å²) in [5.74, 6) is 0.0537. The minimum atomic E-state index is -0.488. The van der Waals surface area contributed by atoms with Gasteiger partial charge in [0.1, 0.15) is 0 Å². The molecule has 3 rings (SSSR count). The van der Waals surface area contributed by atoms with Crippen molar-refractivity contribution in [1.82, 2.24) is 5.32 Å². The summed E-state index contributed by atoms with van der Waals surface area (Å²) in [5, 5.41) is 6.41. The van der Waals surface area contributed by atoms with Crippen LogP contribution >= 0.6 is 0 Å².